The molecule has 0 N–H and O–H groups in total. The van der Waals surface area contributed by atoms with Crippen molar-refractivity contribution in [2.24, 2.45) is 0 Å². The lowest BCUT2D eigenvalue weighted by molar-refractivity contribution is 0.294. The maximum atomic E-state index is 5.43. The average molecular weight is 207 g/mol. The van der Waals surface area contributed by atoms with Crippen molar-refractivity contribution in [3.05, 3.63) is 23.3 Å². The number of rotatable bonds is 2. The van der Waals surface area contributed by atoms with Crippen LogP contribution in [0, 0.1) is 0 Å². The largest absolute Gasteiger partial charge is 0.493 e. The Kier molecular flexibility index (Phi) is 2.82. The normalized spacial score (nSPS) is 15.9. The SMILES string of the molecule is COc1ccc2c(c1OC)CN(C)CC2. The summed E-state index contributed by atoms with van der Waals surface area (Å²) in [6.07, 6.45) is 1.09. The van der Waals surface area contributed by atoms with Crippen LogP contribution in [-0.2, 0) is 13.0 Å². The maximum Gasteiger partial charge on any atom is 0.165 e. The van der Waals surface area contributed by atoms with Crippen LogP contribution in [0.2, 0.25) is 0 Å². The summed E-state index contributed by atoms with van der Waals surface area (Å²) in [5, 5.41) is 0. The van der Waals surface area contributed by atoms with Crippen molar-refractivity contribution in [3.8, 4) is 11.5 Å². The standard InChI is InChI=1S/C12H17NO2/c1-13-7-6-9-4-5-11(14-2)12(15-3)10(9)8-13/h4-5H,6-8H2,1-3H3. The monoisotopic (exact) mass is 207 g/mol. The predicted octanol–water partition coefficient (Wildman–Crippen LogP) is 1.69. The summed E-state index contributed by atoms with van der Waals surface area (Å²) in [5.74, 6) is 1.72. The molecule has 0 saturated carbocycles. The molecule has 3 nitrogen and oxygen atoms in total. The number of hydrogen-bond donors (Lipinski definition) is 0. The second kappa shape index (κ2) is 4.11. The van der Waals surface area contributed by atoms with Crippen LogP contribution in [0.3, 0.4) is 0 Å². The molecule has 0 atom stereocenters. The number of nitrogens with zero attached hydrogens (tertiary/aromatic N) is 1. The number of hydrogen-bond acceptors (Lipinski definition) is 3. The van der Waals surface area contributed by atoms with Crippen molar-refractivity contribution >= 4 is 0 Å². The zero-order valence-electron chi connectivity index (χ0n) is 9.54. The van der Waals surface area contributed by atoms with Crippen LogP contribution < -0.4 is 9.47 Å². The summed E-state index contributed by atoms with van der Waals surface area (Å²) in [6.45, 7) is 2.05. The Morgan fingerprint density at radius 2 is 2.00 bits per heavy atom. The third kappa shape index (κ3) is 1.79. The first-order valence-corrected chi connectivity index (χ1v) is 5.17. The summed E-state index contributed by atoms with van der Waals surface area (Å²) >= 11 is 0. The van der Waals surface area contributed by atoms with Gasteiger partial charge in [-0.05, 0) is 25.1 Å². The average Bonchev–Trinajstić information content (AvgIpc) is 2.27. The van der Waals surface area contributed by atoms with Crippen molar-refractivity contribution in [2.45, 2.75) is 13.0 Å². The van der Waals surface area contributed by atoms with E-state index >= 15 is 0 Å². The van der Waals surface area contributed by atoms with Gasteiger partial charge in [0.2, 0.25) is 0 Å². The van der Waals surface area contributed by atoms with Gasteiger partial charge in [0, 0.05) is 18.7 Å². The highest BCUT2D eigenvalue weighted by molar-refractivity contribution is 5.51. The van der Waals surface area contributed by atoms with Gasteiger partial charge in [-0.2, -0.15) is 0 Å². The predicted molar refractivity (Wildman–Crippen MR) is 59.6 cm³/mol. The second-order valence-electron chi connectivity index (χ2n) is 3.93. The molecule has 0 radical (unpaired) electrons. The van der Waals surface area contributed by atoms with E-state index in [0.717, 1.165) is 31.0 Å². The lowest BCUT2D eigenvalue weighted by atomic mass is 9.98. The molecule has 0 saturated heterocycles. The van der Waals surface area contributed by atoms with Gasteiger partial charge in [-0.15, -0.1) is 0 Å². The molecule has 1 heterocycles. The van der Waals surface area contributed by atoms with Crippen molar-refractivity contribution in [1.82, 2.24) is 4.90 Å². The molecule has 1 aliphatic rings. The lowest BCUT2D eigenvalue weighted by Crippen LogP contribution is -2.27. The zero-order chi connectivity index (χ0) is 10.8. The smallest absolute Gasteiger partial charge is 0.165 e. The van der Waals surface area contributed by atoms with Crippen molar-refractivity contribution in [3.63, 3.8) is 0 Å². The molecule has 0 aliphatic carbocycles. The molecule has 0 aromatic heterocycles. The third-order valence-electron chi connectivity index (χ3n) is 2.94. The third-order valence-corrected chi connectivity index (χ3v) is 2.94. The number of likely N-dealkylation sites (N-methyl/N-ethyl adjacent to an activating group) is 1. The molecular formula is C12H17NO2. The molecule has 3 heteroatoms. The molecule has 0 fully saturated rings. The van der Waals surface area contributed by atoms with Crippen LogP contribution >= 0.6 is 0 Å². The molecule has 0 amide bonds. The van der Waals surface area contributed by atoms with Gasteiger partial charge in [0.25, 0.3) is 0 Å². The Balaban J connectivity index is 2.48. The van der Waals surface area contributed by atoms with Gasteiger partial charge in [0.15, 0.2) is 11.5 Å². The van der Waals surface area contributed by atoms with Crippen molar-refractivity contribution in [2.75, 3.05) is 27.8 Å². The van der Waals surface area contributed by atoms with Gasteiger partial charge in [-0.3, -0.25) is 0 Å². The first-order chi connectivity index (χ1) is 7.26. The first kappa shape index (κ1) is 10.3. The van der Waals surface area contributed by atoms with E-state index in [1.807, 2.05) is 6.07 Å². The summed E-state index contributed by atoms with van der Waals surface area (Å²) < 4.78 is 10.7. The molecule has 1 aromatic carbocycles. The fourth-order valence-electron chi connectivity index (χ4n) is 2.10. The van der Waals surface area contributed by atoms with Gasteiger partial charge in [-0.1, -0.05) is 6.07 Å². The molecule has 1 aromatic rings. The fourth-order valence-corrected chi connectivity index (χ4v) is 2.10. The van der Waals surface area contributed by atoms with E-state index in [1.165, 1.54) is 11.1 Å². The second-order valence-corrected chi connectivity index (χ2v) is 3.93. The molecule has 2 rings (SSSR count). The summed E-state index contributed by atoms with van der Waals surface area (Å²) in [5.41, 5.74) is 2.65. The van der Waals surface area contributed by atoms with Crippen LogP contribution in [0.4, 0.5) is 0 Å². The minimum absolute atomic E-state index is 0.826. The molecule has 1 aliphatic heterocycles. The van der Waals surface area contributed by atoms with E-state index in [-0.39, 0.29) is 0 Å². The number of fused-ring (bicyclic) bond motifs is 1. The van der Waals surface area contributed by atoms with Crippen LogP contribution in [-0.4, -0.2) is 32.7 Å². The Labute approximate surface area is 90.6 Å². The van der Waals surface area contributed by atoms with Gasteiger partial charge >= 0.3 is 0 Å². The van der Waals surface area contributed by atoms with Crippen molar-refractivity contribution < 1.29 is 9.47 Å². The molecule has 0 bridgehead atoms. The quantitative estimate of drug-likeness (QED) is 0.736. The molecule has 15 heavy (non-hydrogen) atoms. The fraction of sp³-hybridized carbons (Fsp3) is 0.500. The summed E-state index contributed by atoms with van der Waals surface area (Å²) in [6, 6.07) is 4.13. The lowest BCUT2D eigenvalue weighted by Gasteiger charge is -2.27. The summed E-state index contributed by atoms with van der Waals surface area (Å²) in [4.78, 5) is 2.30. The highest BCUT2D eigenvalue weighted by atomic mass is 16.5. The first-order valence-electron chi connectivity index (χ1n) is 5.17. The molecule has 82 valence electrons. The topological polar surface area (TPSA) is 21.7 Å². The maximum absolute atomic E-state index is 5.43. The van der Waals surface area contributed by atoms with E-state index in [2.05, 4.69) is 18.0 Å². The van der Waals surface area contributed by atoms with E-state index in [4.69, 9.17) is 9.47 Å². The Morgan fingerprint density at radius 1 is 1.20 bits per heavy atom. The van der Waals surface area contributed by atoms with Gasteiger partial charge in [0.1, 0.15) is 0 Å². The van der Waals surface area contributed by atoms with E-state index in [0.29, 0.717) is 0 Å². The van der Waals surface area contributed by atoms with Gasteiger partial charge < -0.3 is 14.4 Å². The number of methoxy groups -OCH3 is 2. The van der Waals surface area contributed by atoms with Crippen LogP contribution in [0.5, 0.6) is 11.5 Å². The Bertz CT molecular complexity index is 363. The van der Waals surface area contributed by atoms with E-state index < -0.39 is 0 Å². The van der Waals surface area contributed by atoms with Crippen molar-refractivity contribution in [1.29, 1.82) is 0 Å². The van der Waals surface area contributed by atoms with Gasteiger partial charge in [-0.25, -0.2) is 0 Å². The summed E-state index contributed by atoms with van der Waals surface area (Å²) in [7, 11) is 5.51. The molecular weight excluding hydrogens is 190 g/mol. The highest BCUT2D eigenvalue weighted by Gasteiger charge is 2.19. The van der Waals surface area contributed by atoms with Crippen LogP contribution in [0.15, 0.2) is 12.1 Å². The number of benzene rings is 1. The Hall–Kier alpha value is -1.22. The minimum Gasteiger partial charge on any atom is -0.493 e. The molecule has 0 unspecified atom stereocenters. The van der Waals surface area contributed by atoms with E-state index in [1.54, 1.807) is 14.2 Å². The Morgan fingerprint density at radius 3 is 2.67 bits per heavy atom. The highest BCUT2D eigenvalue weighted by Crippen LogP contribution is 2.35. The van der Waals surface area contributed by atoms with Crippen LogP contribution in [0.1, 0.15) is 11.1 Å². The zero-order valence-corrected chi connectivity index (χ0v) is 9.54. The van der Waals surface area contributed by atoms with E-state index in [9.17, 15) is 0 Å². The minimum atomic E-state index is 0.826. The number of ether oxygens (including phenoxy) is 2. The van der Waals surface area contributed by atoms with Crippen LogP contribution in [0.25, 0.3) is 0 Å². The molecule has 0 spiro atoms. The van der Waals surface area contributed by atoms with Gasteiger partial charge in [0.05, 0.1) is 14.2 Å².